The van der Waals surface area contributed by atoms with Crippen LogP contribution in [0.25, 0.3) is 0 Å². The van der Waals surface area contributed by atoms with Crippen molar-refractivity contribution in [2.45, 2.75) is 89.9 Å². The average molecular weight is 963 g/mol. The van der Waals surface area contributed by atoms with Crippen LogP contribution in [0.4, 0.5) is 0 Å². The Morgan fingerprint density at radius 1 is 0.299 bits per heavy atom. The fourth-order valence-electron chi connectivity index (χ4n) is 8.09. The average Bonchev–Trinajstić information content (AvgIpc) is 3.25. The molecule has 0 saturated carbocycles. The lowest BCUT2D eigenvalue weighted by atomic mass is 10.2. The van der Waals surface area contributed by atoms with Crippen molar-refractivity contribution < 1.29 is 79.2 Å². The minimum Gasteiger partial charge on any atom is -0.480 e. The molecule has 67 heavy (non-hydrogen) atoms. The molecule has 0 aromatic rings. The van der Waals surface area contributed by atoms with E-state index in [-0.39, 0.29) is 124 Å². The molecular weight excluding hydrogens is 889 g/mol. The fraction of sp³-hybridized carbons (Fsp3) is 0.805. The van der Waals surface area contributed by atoms with Crippen molar-refractivity contribution in [1.29, 1.82) is 0 Å². The van der Waals surface area contributed by atoms with Gasteiger partial charge in [-0.15, -0.1) is 0 Å². The molecule has 26 heteroatoms. The first kappa shape index (κ1) is 58.5. The molecule has 10 N–H and O–H groups in total. The van der Waals surface area contributed by atoms with E-state index in [0.29, 0.717) is 0 Å². The van der Waals surface area contributed by atoms with Gasteiger partial charge in [-0.25, -0.2) is 0 Å². The summed E-state index contributed by atoms with van der Waals surface area (Å²) in [5.41, 5.74) is 0. The molecule has 8 unspecified atom stereocenters. The number of hydrogen-bond donors (Lipinski definition) is 10. The number of rotatable bonds is 22. The lowest BCUT2D eigenvalue weighted by Crippen LogP contribution is -2.57. The number of nitrogens with zero attached hydrogens (tertiary/aromatic N) is 8. The van der Waals surface area contributed by atoms with E-state index in [1.807, 2.05) is 0 Å². The van der Waals surface area contributed by atoms with Crippen molar-refractivity contribution >= 4 is 47.8 Å². The minimum atomic E-state index is -1.24. The van der Waals surface area contributed by atoms with Gasteiger partial charge in [-0.1, -0.05) is 0 Å². The van der Waals surface area contributed by atoms with E-state index in [1.165, 1.54) is 41.5 Å². The highest BCUT2D eigenvalue weighted by atomic mass is 16.4. The lowest BCUT2D eigenvalue weighted by molar-refractivity contribution is -0.147. The van der Waals surface area contributed by atoms with Crippen LogP contribution in [-0.2, 0) is 38.4 Å². The van der Waals surface area contributed by atoms with Crippen molar-refractivity contribution in [1.82, 2.24) is 49.8 Å². The maximum atomic E-state index is 12.9. The zero-order chi connectivity index (χ0) is 50.7. The Morgan fingerprint density at radius 2 is 0.448 bits per heavy atom. The lowest BCUT2D eigenvalue weighted by Gasteiger charge is -2.38. The number of carboxylic acids is 8. The summed E-state index contributed by atoms with van der Waals surface area (Å²) in [6.07, 6.45) is 0. The molecule has 0 aromatic carbocycles. The fourth-order valence-corrected chi connectivity index (χ4v) is 8.09. The Hall–Kier alpha value is -4.64. The molecule has 2 saturated heterocycles. The molecule has 2 aliphatic heterocycles. The largest absolute Gasteiger partial charge is 0.480 e. The van der Waals surface area contributed by atoms with Crippen molar-refractivity contribution in [2.24, 2.45) is 0 Å². The van der Waals surface area contributed by atoms with E-state index >= 15 is 0 Å². The van der Waals surface area contributed by atoms with Gasteiger partial charge < -0.3 is 51.5 Å². The van der Waals surface area contributed by atoms with Gasteiger partial charge in [-0.05, 0) is 41.5 Å². The molecule has 0 bridgehead atoms. The Morgan fingerprint density at radius 3 is 0.582 bits per heavy atom. The first-order chi connectivity index (χ1) is 31.4. The molecule has 2 fully saturated rings. The monoisotopic (exact) mass is 963 g/mol. The molecule has 0 aliphatic carbocycles. The standard InChI is InChI=1S/C41H74N10O16/c1-26(34(52)53)44-7-11-46(28(3)36(56)57)15-19-50(20-16-47(12-8-44)29(4)37(58)59)32(40(64)65)23-42-25-43-24-33(41(66)67)51-21-17-48(30(5)38(60)61)13-9-45(27(2)35(54)55)10-14-49(18-22-51)31(6)39(62)63/h26-33,42-43H,7-25H2,1-6H3,(H,52,53)(H,54,55)(H,56,57)(H,58,59)(H,60,61)(H,62,63)(H,64,65)(H,66,67). The summed E-state index contributed by atoms with van der Waals surface area (Å²) in [4.78, 5) is 111. The first-order valence-electron chi connectivity index (χ1n) is 22.6. The second-order valence-electron chi connectivity index (χ2n) is 17.2. The summed E-state index contributed by atoms with van der Waals surface area (Å²) in [5, 5.41) is 86.1. The van der Waals surface area contributed by atoms with Gasteiger partial charge in [-0.2, -0.15) is 0 Å². The van der Waals surface area contributed by atoms with E-state index in [4.69, 9.17) is 0 Å². The SMILES string of the molecule is CC(C(=O)O)N1CCN(C(C)C(=O)O)CCN(C(CNCNCC(C(=O)O)N2CCN(C(C)C(=O)O)CCN(C(C)C(=O)O)CCN(C(C)C(=O)O)CC2)C(=O)O)CCN(C(C)C(=O)O)CC1. The second-order valence-corrected chi connectivity index (χ2v) is 17.2. The van der Waals surface area contributed by atoms with Gasteiger partial charge in [0.15, 0.2) is 0 Å². The third-order valence-corrected chi connectivity index (χ3v) is 13.2. The predicted molar refractivity (Wildman–Crippen MR) is 239 cm³/mol. The molecule has 0 amide bonds. The van der Waals surface area contributed by atoms with Gasteiger partial charge in [-0.3, -0.25) is 77.6 Å². The van der Waals surface area contributed by atoms with Gasteiger partial charge >= 0.3 is 47.8 Å². The molecule has 384 valence electrons. The zero-order valence-corrected chi connectivity index (χ0v) is 39.5. The van der Waals surface area contributed by atoms with Gasteiger partial charge in [0, 0.05) is 124 Å². The van der Waals surface area contributed by atoms with Gasteiger partial charge in [0.1, 0.15) is 48.3 Å². The maximum Gasteiger partial charge on any atom is 0.322 e. The number of hydrogen-bond acceptors (Lipinski definition) is 18. The van der Waals surface area contributed by atoms with E-state index in [2.05, 4.69) is 10.6 Å². The van der Waals surface area contributed by atoms with E-state index in [1.54, 1.807) is 39.2 Å². The highest BCUT2D eigenvalue weighted by Crippen LogP contribution is 2.13. The smallest absolute Gasteiger partial charge is 0.322 e. The molecule has 8 atom stereocenters. The molecule has 2 heterocycles. The third kappa shape index (κ3) is 18.8. The summed E-state index contributed by atoms with van der Waals surface area (Å²) >= 11 is 0. The van der Waals surface area contributed by atoms with Crippen molar-refractivity contribution in [3.63, 3.8) is 0 Å². The minimum absolute atomic E-state index is 0.0369. The molecule has 0 radical (unpaired) electrons. The molecular formula is C41H74N10O16. The van der Waals surface area contributed by atoms with Gasteiger partial charge in [0.2, 0.25) is 0 Å². The number of carboxylic acid groups (broad SMARTS) is 8. The molecule has 0 spiro atoms. The van der Waals surface area contributed by atoms with Crippen LogP contribution in [-0.4, -0.2) is 301 Å². The van der Waals surface area contributed by atoms with Crippen LogP contribution >= 0.6 is 0 Å². The van der Waals surface area contributed by atoms with E-state index < -0.39 is 96.1 Å². The van der Waals surface area contributed by atoms with Crippen LogP contribution in [0.2, 0.25) is 0 Å². The van der Waals surface area contributed by atoms with Crippen molar-refractivity contribution in [3.05, 3.63) is 0 Å². The Balaban J connectivity index is 2.34. The van der Waals surface area contributed by atoms with Crippen LogP contribution in [0, 0.1) is 0 Å². The highest BCUT2D eigenvalue weighted by Gasteiger charge is 2.34. The molecule has 2 rings (SSSR count). The Labute approximate surface area is 390 Å². The summed E-state index contributed by atoms with van der Waals surface area (Å²) in [6, 6.07) is -8.39. The summed E-state index contributed by atoms with van der Waals surface area (Å²) in [5.74, 6) is -9.21. The summed E-state index contributed by atoms with van der Waals surface area (Å²) in [7, 11) is 0. The molecule has 2 aliphatic rings. The van der Waals surface area contributed by atoms with Crippen LogP contribution in [0.15, 0.2) is 0 Å². The van der Waals surface area contributed by atoms with Crippen LogP contribution < -0.4 is 10.6 Å². The quantitative estimate of drug-likeness (QED) is 0.0369. The Kier molecular flexibility index (Phi) is 25.0. The normalized spacial score (nSPS) is 22.4. The second kappa shape index (κ2) is 28.6. The number of aliphatic carboxylic acids is 8. The molecule has 0 aromatic heterocycles. The Bertz CT molecular complexity index is 1480. The maximum absolute atomic E-state index is 12.9. The summed E-state index contributed by atoms with van der Waals surface area (Å²) in [6.45, 7) is 9.87. The zero-order valence-electron chi connectivity index (χ0n) is 39.5. The number of nitrogens with one attached hydrogen (secondary N) is 2. The van der Waals surface area contributed by atoms with Crippen LogP contribution in [0.3, 0.4) is 0 Å². The highest BCUT2D eigenvalue weighted by molar-refractivity contribution is 5.76. The summed E-state index contributed by atoms with van der Waals surface area (Å²) < 4.78 is 0. The number of carbonyl (C=O) groups is 8. The van der Waals surface area contributed by atoms with Gasteiger partial charge in [0.25, 0.3) is 0 Å². The van der Waals surface area contributed by atoms with Crippen molar-refractivity contribution in [3.8, 4) is 0 Å². The van der Waals surface area contributed by atoms with E-state index in [9.17, 15) is 79.2 Å². The van der Waals surface area contributed by atoms with Crippen LogP contribution in [0.1, 0.15) is 41.5 Å². The molecule has 26 nitrogen and oxygen atoms in total. The first-order valence-corrected chi connectivity index (χ1v) is 22.6. The van der Waals surface area contributed by atoms with Crippen LogP contribution in [0.5, 0.6) is 0 Å². The third-order valence-electron chi connectivity index (χ3n) is 13.2. The van der Waals surface area contributed by atoms with Gasteiger partial charge in [0.05, 0.1) is 0 Å². The van der Waals surface area contributed by atoms with Crippen molar-refractivity contribution in [2.75, 3.05) is 124 Å². The van der Waals surface area contributed by atoms with E-state index in [0.717, 1.165) is 0 Å². The predicted octanol–water partition coefficient (Wildman–Crippen LogP) is -3.69. The topological polar surface area (TPSA) is 348 Å².